The first kappa shape index (κ1) is 90.8. The van der Waals surface area contributed by atoms with Crippen molar-refractivity contribution in [2.24, 2.45) is 4.30 Å². The van der Waals surface area contributed by atoms with Crippen LogP contribution in [0.3, 0.4) is 0 Å². The summed E-state index contributed by atoms with van der Waals surface area (Å²) in [5, 5.41) is 1.66. The topological polar surface area (TPSA) is 71.0 Å². The molecule has 20 heteroatoms. The van der Waals surface area contributed by atoms with E-state index in [-0.39, 0.29) is 88.9 Å². The third kappa shape index (κ3) is 27.9. The van der Waals surface area contributed by atoms with E-state index >= 15 is 0 Å². The first-order valence-corrected chi connectivity index (χ1v) is 35.6. The molecule has 95 heavy (non-hydrogen) atoms. The molecule has 9 rings (SSSR count). The standard InChI is InChI=1S/C20H37BN2O2.C16H18.C14H19BBr2O2.C14H21BO2.C8H9Br.C3H9N.BHNS.2BrH/c1-19(2)20(3,4)25-21(24-19)18-12-11-16(14-22(5,6)7)13-17(18)15-23(8,9)10;1-11-5-7-15(9-13(11)3)16-8-6-12(2)14(4)10-16;1-13(2)14(3,4)19-15(18-13)12-6-5-10(8-16)7-11(12)9-17;1-10-7-8-12(11(2)9-10)15-16-13(3,4)14(5,6)17-15;1-6-3-4-8(9)7(2)5-6;1-4(2)3;1-2-3;;/h11-13H,14-15H2,1-10H3;5-10H,1-4H3;5-7H,8-9H2,1-4H3;7-9H,1-6H3;3-5H,1-2H3;1-3H3;3H;2*1H/q+2;;;;;;;;/p-2. The SMILES string of the molecule is CC1(C)OB(c2ccc(CBr)cc2CBr)OC1(C)C.CC1(C)OB(c2ccc(C[N+](C)(C)C)cc2C[N+](C)(C)C)OC1(C)C.CN(C)C.Cc1ccc(-c2ccc(C)c(C)c2)cc1C.Cc1ccc(B2OC(C)(C)C(C)(C)O2)c(C)c1.Cc1ccc(Br)c(C)c1.[B]=NS.[Br-].[Br-]. The van der Waals surface area contributed by atoms with Crippen LogP contribution in [-0.2, 0) is 51.7 Å². The van der Waals surface area contributed by atoms with Crippen LogP contribution in [0.1, 0.15) is 150 Å². The van der Waals surface area contributed by atoms with Crippen molar-refractivity contribution in [3.05, 3.63) is 180 Å². The molecule has 0 spiro atoms. The maximum absolute atomic E-state index is 6.31. The predicted molar refractivity (Wildman–Crippen MR) is 416 cm³/mol. The predicted octanol–water partition coefficient (Wildman–Crippen LogP) is 10.8. The van der Waals surface area contributed by atoms with E-state index in [1.165, 1.54) is 82.4 Å². The van der Waals surface area contributed by atoms with Gasteiger partial charge in [0, 0.05) is 26.3 Å². The molecule has 0 atom stereocenters. The van der Waals surface area contributed by atoms with Crippen LogP contribution in [0.15, 0.2) is 118 Å². The van der Waals surface area contributed by atoms with Crippen LogP contribution in [-0.4, -0.2) is 140 Å². The van der Waals surface area contributed by atoms with E-state index in [0.717, 1.165) is 49.1 Å². The maximum Gasteiger partial charge on any atom is -1.00 e. The van der Waals surface area contributed by atoms with Crippen LogP contribution < -0.4 is 50.4 Å². The maximum atomic E-state index is 6.31. The quantitative estimate of drug-likeness (QED) is 0.0634. The fraction of sp³-hybridized carbons (Fsp3) is 0.520. The van der Waals surface area contributed by atoms with Crippen molar-refractivity contribution in [3.8, 4) is 11.1 Å². The molecule has 3 fully saturated rings. The molecule has 10 nitrogen and oxygen atoms in total. The molecule has 1 radical (unpaired) electrons. The normalized spacial score (nSPS) is 16.6. The van der Waals surface area contributed by atoms with Crippen molar-refractivity contribution in [2.75, 3.05) is 63.4 Å². The second-order valence-corrected chi connectivity index (χ2v) is 32.9. The molecule has 523 valence electrons. The smallest absolute Gasteiger partial charge is 1.00 e. The zero-order valence-electron chi connectivity index (χ0n) is 63.1. The Morgan fingerprint density at radius 1 is 0.411 bits per heavy atom. The number of nitrogens with zero attached hydrogens (tertiary/aromatic N) is 4. The monoisotopic (exact) mass is 1640 g/mol. The zero-order chi connectivity index (χ0) is 71.2. The van der Waals surface area contributed by atoms with Crippen molar-refractivity contribution in [3.63, 3.8) is 0 Å². The number of hydrogen-bond acceptors (Lipinski definition) is 9. The molecule has 6 aromatic carbocycles. The van der Waals surface area contributed by atoms with Gasteiger partial charge in [0.1, 0.15) is 13.1 Å². The number of alkyl halides is 2. The number of quaternary nitrogens is 2. The second-order valence-electron chi connectivity index (χ2n) is 30.7. The van der Waals surface area contributed by atoms with Crippen molar-refractivity contribution >= 4 is 106 Å². The molecular formula is C75H114B4Br5N4O6S. The van der Waals surface area contributed by atoms with Gasteiger partial charge in [-0.2, -0.15) is 0 Å². The molecule has 3 aliphatic heterocycles. The van der Waals surface area contributed by atoms with Crippen molar-refractivity contribution < 1.29 is 70.9 Å². The minimum absolute atomic E-state index is 0. The second kappa shape index (κ2) is 38.2. The number of benzene rings is 6. The van der Waals surface area contributed by atoms with E-state index in [2.05, 4.69) is 362 Å². The first-order chi connectivity index (χ1) is 42.5. The molecule has 0 amide bonds. The van der Waals surface area contributed by atoms with E-state index < -0.39 is 0 Å². The van der Waals surface area contributed by atoms with Gasteiger partial charge in [-0.05, 0) is 238 Å². The summed E-state index contributed by atoms with van der Waals surface area (Å²) < 4.78 is 42.6. The molecule has 3 aliphatic rings. The summed E-state index contributed by atoms with van der Waals surface area (Å²) in [5.74, 6) is 0. The summed E-state index contributed by atoms with van der Waals surface area (Å²) in [4.78, 5) is 2.00. The molecule has 0 unspecified atom stereocenters. The van der Waals surface area contributed by atoms with E-state index in [0.29, 0.717) is 0 Å². The summed E-state index contributed by atoms with van der Waals surface area (Å²) >= 11 is 13.7. The summed E-state index contributed by atoms with van der Waals surface area (Å²) in [7, 11) is 22.8. The van der Waals surface area contributed by atoms with E-state index in [9.17, 15) is 0 Å². The van der Waals surface area contributed by atoms with Crippen LogP contribution in [0, 0.1) is 55.4 Å². The largest absolute Gasteiger partial charge is 1.00 e. The zero-order valence-corrected chi connectivity index (χ0v) is 71.9. The Balaban J connectivity index is 0.000000589. The Morgan fingerprint density at radius 2 is 0.726 bits per heavy atom. The van der Waals surface area contributed by atoms with Crippen molar-refractivity contribution in [1.29, 1.82) is 0 Å². The number of halogens is 5. The van der Waals surface area contributed by atoms with Crippen molar-refractivity contribution in [2.45, 2.75) is 196 Å². The molecule has 0 N–H and O–H groups in total. The third-order valence-corrected chi connectivity index (χ3v) is 19.8. The van der Waals surface area contributed by atoms with Crippen LogP contribution in [0.5, 0.6) is 0 Å². The summed E-state index contributed by atoms with van der Waals surface area (Å²) in [6, 6.07) is 39.2. The summed E-state index contributed by atoms with van der Waals surface area (Å²) in [5.41, 5.74) is 20.0. The van der Waals surface area contributed by atoms with E-state index in [1.807, 2.05) is 26.0 Å². The average molecular weight is 1640 g/mol. The summed E-state index contributed by atoms with van der Waals surface area (Å²) in [6.45, 7) is 44.1. The molecule has 3 heterocycles. The number of rotatable bonds is 10. The Labute approximate surface area is 631 Å². The van der Waals surface area contributed by atoms with Gasteiger partial charge in [0.2, 0.25) is 0 Å². The van der Waals surface area contributed by atoms with Gasteiger partial charge < -0.3 is 75.8 Å². The average Bonchev–Trinajstić information content (AvgIpc) is 1.64. The molecule has 6 aromatic rings. The van der Waals surface area contributed by atoms with Gasteiger partial charge in [-0.3, -0.25) is 0 Å². The van der Waals surface area contributed by atoms with Gasteiger partial charge in [0.05, 0.1) is 75.9 Å². The Hall–Kier alpha value is -2.23. The molecule has 0 aromatic heterocycles. The van der Waals surface area contributed by atoms with Crippen LogP contribution in [0.4, 0.5) is 0 Å². The van der Waals surface area contributed by atoms with E-state index in [1.54, 1.807) is 0 Å². The van der Waals surface area contributed by atoms with Crippen LogP contribution in [0.2, 0.25) is 0 Å². The fourth-order valence-electron chi connectivity index (χ4n) is 9.91. The number of hydrogen-bond donors (Lipinski definition) is 1. The number of aryl methyl sites for hydroxylation is 8. The van der Waals surface area contributed by atoms with Gasteiger partial charge in [-0.25, -0.2) is 0 Å². The summed E-state index contributed by atoms with van der Waals surface area (Å²) in [6.07, 6.45) is 0. The Bertz CT molecular complexity index is 3310. The molecular weight excluding hydrogens is 1530 g/mol. The molecule has 3 saturated heterocycles. The minimum atomic E-state index is -0.313. The van der Waals surface area contributed by atoms with Crippen molar-refractivity contribution in [1.82, 2.24) is 4.90 Å². The molecule has 0 aliphatic carbocycles. The molecule has 0 saturated carbocycles. The van der Waals surface area contributed by atoms with Gasteiger partial charge in [-0.1, -0.05) is 162 Å². The van der Waals surface area contributed by atoms with Crippen LogP contribution >= 0.6 is 60.6 Å². The Kier molecular flexibility index (Phi) is 36.5. The Morgan fingerprint density at radius 3 is 1.04 bits per heavy atom. The fourth-order valence-corrected chi connectivity index (χ4v) is 11.0. The van der Waals surface area contributed by atoms with Gasteiger partial charge in [-0.15, -0.1) is 0 Å². The van der Waals surface area contributed by atoms with Crippen LogP contribution in [0.25, 0.3) is 11.1 Å². The van der Waals surface area contributed by atoms with E-state index in [4.69, 9.17) is 27.9 Å². The van der Waals surface area contributed by atoms with Gasteiger partial charge >= 0.3 is 46.1 Å². The molecule has 0 bridgehead atoms. The third-order valence-electron chi connectivity index (χ3n) is 17.6. The first-order valence-electron chi connectivity index (χ1n) is 32.2. The number of thiol groups is 1. The van der Waals surface area contributed by atoms with Gasteiger partial charge in [0.15, 0.2) is 0 Å². The van der Waals surface area contributed by atoms with Gasteiger partial charge in [0.25, 0.3) is 0 Å². The minimum Gasteiger partial charge on any atom is -1.00 e.